The van der Waals surface area contributed by atoms with Gasteiger partial charge in [0.15, 0.2) is 0 Å². The molecule has 84 valence electrons. The third kappa shape index (κ3) is 4.78. The van der Waals surface area contributed by atoms with Crippen molar-refractivity contribution >= 4 is 0 Å². The summed E-state index contributed by atoms with van der Waals surface area (Å²) in [5.74, 6) is 0. The van der Waals surface area contributed by atoms with Crippen molar-refractivity contribution in [2.75, 3.05) is 6.54 Å². The Bertz CT molecular complexity index is 310. The number of pyridine rings is 1. The lowest BCUT2D eigenvalue weighted by Crippen LogP contribution is -2.21. The van der Waals surface area contributed by atoms with E-state index in [1.807, 2.05) is 6.92 Å². The number of nitrogens with one attached hydrogen (secondary N) is 1. The molecule has 15 heavy (non-hydrogen) atoms. The minimum atomic E-state index is -4.08. The van der Waals surface area contributed by atoms with E-state index in [1.165, 1.54) is 0 Å². The highest BCUT2D eigenvalue weighted by Crippen LogP contribution is 2.18. The molecule has 0 aromatic carbocycles. The van der Waals surface area contributed by atoms with E-state index in [0.29, 0.717) is 6.54 Å². The zero-order valence-electron chi connectivity index (χ0n) is 8.43. The first-order chi connectivity index (χ1) is 6.99. The normalized spacial score (nSPS) is 11.7. The second-order valence-corrected chi connectivity index (χ2v) is 3.34. The van der Waals surface area contributed by atoms with Crippen LogP contribution < -0.4 is 5.32 Å². The van der Waals surface area contributed by atoms with E-state index in [2.05, 4.69) is 10.3 Å². The molecule has 0 radical (unpaired) electrons. The number of rotatable bonds is 4. The molecule has 1 rings (SSSR count). The van der Waals surface area contributed by atoms with Gasteiger partial charge in [0.25, 0.3) is 0 Å². The highest BCUT2D eigenvalue weighted by atomic mass is 19.4. The fraction of sp³-hybridized carbons (Fsp3) is 0.500. The maximum Gasteiger partial charge on any atom is 0.390 e. The standard InChI is InChI=1S/C10H13F3N2/c1-8-6-14-4-2-9(8)7-15-5-3-10(11,12)13/h2,4,6,15H,3,5,7H2,1H3. The van der Waals surface area contributed by atoms with E-state index in [9.17, 15) is 13.2 Å². The minimum absolute atomic E-state index is 0.0503. The van der Waals surface area contributed by atoms with Crippen molar-refractivity contribution in [1.82, 2.24) is 10.3 Å². The average molecular weight is 218 g/mol. The van der Waals surface area contributed by atoms with E-state index in [4.69, 9.17) is 0 Å². The third-order valence-corrected chi connectivity index (χ3v) is 2.04. The molecule has 1 N–H and O–H groups in total. The van der Waals surface area contributed by atoms with Gasteiger partial charge in [0.05, 0.1) is 6.42 Å². The summed E-state index contributed by atoms with van der Waals surface area (Å²) < 4.78 is 35.4. The van der Waals surface area contributed by atoms with Gasteiger partial charge in [-0.05, 0) is 24.1 Å². The van der Waals surface area contributed by atoms with Crippen LogP contribution in [0.2, 0.25) is 0 Å². The van der Waals surface area contributed by atoms with Crippen LogP contribution >= 0.6 is 0 Å². The third-order valence-electron chi connectivity index (χ3n) is 2.04. The lowest BCUT2D eigenvalue weighted by molar-refractivity contribution is -0.133. The van der Waals surface area contributed by atoms with Crippen molar-refractivity contribution in [3.05, 3.63) is 29.6 Å². The number of alkyl halides is 3. The number of hydrogen-bond donors (Lipinski definition) is 1. The highest BCUT2D eigenvalue weighted by Gasteiger charge is 2.25. The molecule has 1 heterocycles. The molecule has 5 heteroatoms. The molecule has 0 fully saturated rings. The summed E-state index contributed by atoms with van der Waals surface area (Å²) in [4.78, 5) is 3.90. The summed E-state index contributed by atoms with van der Waals surface area (Å²) in [6.45, 7) is 2.28. The van der Waals surface area contributed by atoms with Gasteiger partial charge in [-0.3, -0.25) is 4.98 Å². The summed E-state index contributed by atoms with van der Waals surface area (Å²) in [7, 11) is 0. The Labute approximate surface area is 86.5 Å². The first kappa shape index (κ1) is 12.0. The molecule has 0 aliphatic rings. The lowest BCUT2D eigenvalue weighted by atomic mass is 10.1. The van der Waals surface area contributed by atoms with Crippen molar-refractivity contribution in [3.63, 3.8) is 0 Å². The molecule has 0 unspecified atom stereocenters. The first-order valence-corrected chi connectivity index (χ1v) is 4.66. The summed E-state index contributed by atoms with van der Waals surface area (Å²) in [6, 6.07) is 1.80. The van der Waals surface area contributed by atoms with E-state index >= 15 is 0 Å². The second kappa shape index (κ2) is 5.11. The maximum absolute atomic E-state index is 11.8. The summed E-state index contributed by atoms with van der Waals surface area (Å²) in [5, 5.41) is 2.75. The van der Waals surface area contributed by atoms with Crippen molar-refractivity contribution in [2.24, 2.45) is 0 Å². The topological polar surface area (TPSA) is 24.9 Å². The van der Waals surface area contributed by atoms with Crippen LogP contribution in [0.4, 0.5) is 13.2 Å². The van der Waals surface area contributed by atoms with Gasteiger partial charge in [0.2, 0.25) is 0 Å². The molecule has 0 spiro atoms. The summed E-state index contributed by atoms with van der Waals surface area (Å²) in [5.41, 5.74) is 1.96. The Kier molecular flexibility index (Phi) is 4.08. The monoisotopic (exact) mass is 218 g/mol. The van der Waals surface area contributed by atoms with E-state index < -0.39 is 12.6 Å². The van der Waals surface area contributed by atoms with Crippen molar-refractivity contribution < 1.29 is 13.2 Å². The largest absolute Gasteiger partial charge is 0.390 e. The summed E-state index contributed by atoms with van der Waals surface area (Å²) in [6.07, 6.45) is -1.55. The van der Waals surface area contributed by atoms with E-state index in [1.54, 1.807) is 18.5 Å². The molecule has 0 aliphatic heterocycles. The van der Waals surface area contributed by atoms with Gasteiger partial charge in [-0.25, -0.2) is 0 Å². The van der Waals surface area contributed by atoms with Crippen LogP contribution in [0.25, 0.3) is 0 Å². The number of aromatic nitrogens is 1. The molecule has 0 amide bonds. The van der Waals surface area contributed by atoms with Crippen molar-refractivity contribution in [3.8, 4) is 0 Å². The Morgan fingerprint density at radius 1 is 1.40 bits per heavy atom. The van der Waals surface area contributed by atoms with Crippen molar-refractivity contribution in [2.45, 2.75) is 26.1 Å². The molecule has 0 saturated heterocycles. The quantitative estimate of drug-likeness (QED) is 0.785. The Morgan fingerprint density at radius 3 is 2.73 bits per heavy atom. The molecule has 0 saturated carbocycles. The van der Waals surface area contributed by atoms with E-state index in [0.717, 1.165) is 11.1 Å². The molecular weight excluding hydrogens is 205 g/mol. The van der Waals surface area contributed by atoms with E-state index in [-0.39, 0.29) is 6.54 Å². The fourth-order valence-corrected chi connectivity index (χ4v) is 1.15. The summed E-state index contributed by atoms with van der Waals surface area (Å²) >= 11 is 0. The zero-order valence-corrected chi connectivity index (χ0v) is 8.43. The van der Waals surface area contributed by atoms with Gasteiger partial charge in [-0.15, -0.1) is 0 Å². The second-order valence-electron chi connectivity index (χ2n) is 3.34. The van der Waals surface area contributed by atoms with Gasteiger partial charge in [0, 0.05) is 25.5 Å². The number of nitrogens with zero attached hydrogens (tertiary/aromatic N) is 1. The number of halogens is 3. The SMILES string of the molecule is Cc1cnccc1CNCCC(F)(F)F. The Morgan fingerprint density at radius 2 is 2.13 bits per heavy atom. The predicted octanol–water partition coefficient (Wildman–Crippen LogP) is 2.43. The van der Waals surface area contributed by atoms with Gasteiger partial charge < -0.3 is 5.32 Å². The first-order valence-electron chi connectivity index (χ1n) is 4.66. The van der Waals surface area contributed by atoms with Crippen LogP contribution in [0.3, 0.4) is 0 Å². The zero-order chi connectivity index (χ0) is 11.3. The van der Waals surface area contributed by atoms with Crippen LogP contribution in [-0.2, 0) is 6.54 Å². The molecule has 0 aliphatic carbocycles. The predicted molar refractivity (Wildman–Crippen MR) is 51.4 cm³/mol. The average Bonchev–Trinajstić information content (AvgIpc) is 2.13. The lowest BCUT2D eigenvalue weighted by Gasteiger charge is -2.08. The molecule has 1 aromatic rings. The van der Waals surface area contributed by atoms with Gasteiger partial charge in [-0.1, -0.05) is 0 Å². The fourth-order valence-electron chi connectivity index (χ4n) is 1.15. The van der Waals surface area contributed by atoms with Crippen LogP contribution in [0, 0.1) is 6.92 Å². The highest BCUT2D eigenvalue weighted by molar-refractivity contribution is 5.21. The molecule has 1 aromatic heterocycles. The molecule has 0 atom stereocenters. The van der Waals surface area contributed by atoms with Crippen LogP contribution in [0.15, 0.2) is 18.5 Å². The number of aryl methyl sites for hydroxylation is 1. The van der Waals surface area contributed by atoms with Crippen molar-refractivity contribution in [1.29, 1.82) is 0 Å². The maximum atomic E-state index is 11.8. The molecule has 2 nitrogen and oxygen atoms in total. The van der Waals surface area contributed by atoms with Gasteiger partial charge in [-0.2, -0.15) is 13.2 Å². The Hall–Kier alpha value is -1.10. The van der Waals surface area contributed by atoms with Crippen LogP contribution in [0.1, 0.15) is 17.5 Å². The van der Waals surface area contributed by atoms with Crippen LogP contribution in [-0.4, -0.2) is 17.7 Å². The van der Waals surface area contributed by atoms with Gasteiger partial charge in [0.1, 0.15) is 0 Å². The molecular formula is C10H13F3N2. The Balaban J connectivity index is 2.30. The van der Waals surface area contributed by atoms with Crippen LogP contribution in [0.5, 0.6) is 0 Å². The number of hydrogen-bond acceptors (Lipinski definition) is 2. The smallest absolute Gasteiger partial charge is 0.312 e. The van der Waals surface area contributed by atoms with Gasteiger partial charge >= 0.3 is 6.18 Å². The molecule has 0 bridgehead atoms. The minimum Gasteiger partial charge on any atom is -0.312 e.